The lowest BCUT2D eigenvalue weighted by Gasteiger charge is -2.09. The van der Waals surface area contributed by atoms with E-state index in [0.29, 0.717) is 11.8 Å². The van der Waals surface area contributed by atoms with Gasteiger partial charge in [-0.2, -0.15) is 8.42 Å². The van der Waals surface area contributed by atoms with Crippen LogP contribution in [0, 0.1) is 10.1 Å². The topological polar surface area (TPSA) is 117 Å². The van der Waals surface area contributed by atoms with Crippen molar-refractivity contribution < 1.29 is 21.9 Å². The molecule has 0 amide bonds. The number of para-hydroxylation sites is 1. The van der Waals surface area contributed by atoms with Crippen LogP contribution in [0.4, 0.5) is 5.69 Å². The number of hydrogen-bond acceptors (Lipinski definition) is 7. The van der Waals surface area contributed by atoms with Crippen LogP contribution in [0.3, 0.4) is 0 Å². The van der Waals surface area contributed by atoms with Crippen LogP contribution in [0.25, 0.3) is 11.0 Å². The molecule has 1 aromatic heterocycles. The number of benzene rings is 2. The Bertz CT molecular complexity index is 1200. The van der Waals surface area contributed by atoms with Crippen LogP contribution < -0.4 is 9.81 Å². The lowest BCUT2D eigenvalue weighted by Crippen LogP contribution is -2.13. The minimum atomic E-state index is -4.17. The normalized spacial score (nSPS) is 11.5. The van der Waals surface area contributed by atoms with Gasteiger partial charge in [-0.15, -0.1) is 0 Å². The number of rotatable bonds is 7. The maximum atomic E-state index is 12.4. The molecule has 9 heteroatoms. The monoisotopic (exact) mass is 403 g/mol. The van der Waals surface area contributed by atoms with Crippen molar-refractivity contribution in [3.05, 3.63) is 80.2 Å². The molecule has 3 rings (SSSR count). The molecule has 0 saturated heterocycles. The van der Waals surface area contributed by atoms with E-state index in [-0.39, 0.29) is 22.6 Å². The van der Waals surface area contributed by atoms with E-state index in [1.165, 1.54) is 42.5 Å². The third kappa shape index (κ3) is 4.37. The molecule has 3 aromatic rings. The number of nitro groups is 1. The maximum Gasteiger partial charge on any atom is 0.336 e. The van der Waals surface area contributed by atoms with Crippen LogP contribution in [0.1, 0.15) is 24.5 Å². The van der Waals surface area contributed by atoms with E-state index in [9.17, 15) is 23.3 Å². The quantitative estimate of drug-likeness (QED) is 0.256. The molecule has 0 N–H and O–H groups in total. The molecule has 0 radical (unpaired) electrons. The van der Waals surface area contributed by atoms with E-state index in [1.54, 1.807) is 6.07 Å². The second-order valence-corrected chi connectivity index (χ2v) is 7.74. The van der Waals surface area contributed by atoms with Crippen molar-refractivity contribution in [3.8, 4) is 5.75 Å². The third-order valence-electron chi connectivity index (χ3n) is 4.06. The van der Waals surface area contributed by atoms with Crippen molar-refractivity contribution in [2.75, 3.05) is 0 Å². The highest BCUT2D eigenvalue weighted by molar-refractivity contribution is 7.86. The van der Waals surface area contributed by atoms with E-state index in [0.717, 1.165) is 12.0 Å². The minimum Gasteiger partial charge on any atom is -0.423 e. The largest absolute Gasteiger partial charge is 0.423 e. The molecule has 28 heavy (non-hydrogen) atoms. The summed E-state index contributed by atoms with van der Waals surface area (Å²) in [6.07, 6.45) is 1.51. The van der Waals surface area contributed by atoms with Gasteiger partial charge < -0.3 is 8.60 Å². The zero-order valence-electron chi connectivity index (χ0n) is 15.0. The van der Waals surface area contributed by atoms with Gasteiger partial charge in [0, 0.05) is 29.1 Å². The summed E-state index contributed by atoms with van der Waals surface area (Å²) in [6.45, 7) is 1.98. The Morgan fingerprint density at radius 2 is 1.86 bits per heavy atom. The minimum absolute atomic E-state index is 0.0186. The van der Waals surface area contributed by atoms with Gasteiger partial charge in [0.05, 0.1) is 4.92 Å². The van der Waals surface area contributed by atoms with E-state index < -0.39 is 26.4 Å². The van der Waals surface area contributed by atoms with E-state index in [2.05, 4.69) is 0 Å². The summed E-state index contributed by atoms with van der Waals surface area (Å²) in [5, 5.41) is 11.8. The van der Waals surface area contributed by atoms with Crippen LogP contribution in [-0.4, -0.2) is 13.3 Å². The molecule has 0 aliphatic rings. The number of nitrogens with zero attached hydrogens (tertiary/aromatic N) is 1. The summed E-state index contributed by atoms with van der Waals surface area (Å²) in [5.41, 5.74) is 0.210. The summed E-state index contributed by atoms with van der Waals surface area (Å²) in [4.78, 5) is 22.1. The van der Waals surface area contributed by atoms with E-state index in [4.69, 9.17) is 8.60 Å². The zero-order chi connectivity index (χ0) is 20.3. The molecular weight excluding hydrogens is 386 g/mol. The average molecular weight is 403 g/mol. The van der Waals surface area contributed by atoms with Gasteiger partial charge in [0.25, 0.3) is 5.69 Å². The summed E-state index contributed by atoms with van der Waals surface area (Å²) in [7, 11) is -4.17. The predicted octanol–water partition coefficient (Wildman–Crippen LogP) is 3.56. The summed E-state index contributed by atoms with van der Waals surface area (Å²) >= 11 is 0. The van der Waals surface area contributed by atoms with Crippen LogP contribution in [-0.2, 0) is 22.3 Å². The van der Waals surface area contributed by atoms with Gasteiger partial charge in [0.15, 0.2) is 0 Å². The Morgan fingerprint density at radius 1 is 1.11 bits per heavy atom. The van der Waals surface area contributed by atoms with Crippen molar-refractivity contribution in [1.29, 1.82) is 0 Å². The molecule has 0 aliphatic carbocycles. The maximum absolute atomic E-state index is 12.4. The molecule has 8 nitrogen and oxygen atoms in total. The van der Waals surface area contributed by atoms with Crippen molar-refractivity contribution in [2.24, 2.45) is 0 Å². The van der Waals surface area contributed by atoms with Gasteiger partial charge in [0.1, 0.15) is 17.1 Å². The highest BCUT2D eigenvalue weighted by atomic mass is 32.2. The van der Waals surface area contributed by atoms with Gasteiger partial charge in [-0.05, 0) is 24.1 Å². The molecule has 0 atom stereocenters. The Kier molecular flexibility index (Phi) is 5.46. The molecule has 1 heterocycles. The fourth-order valence-corrected chi connectivity index (χ4v) is 4.00. The lowest BCUT2D eigenvalue weighted by atomic mass is 10.1. The van der Waals surface area contributed by atoms with Crippen molar-refractivity contribution >= 4 is 26.8 Å². The van der Waals surface area contributed by atoms with Gasteiger partial charge in [0.2, 0.25) is 0 Å². The summed E-state index contributed by atoms with van der Waals surface area (Å²) in [6, 6.07) is 11.4. The molecular formula is C19H17NO7S. The molecule has 0 spiro atoms. The molecule has 0 saturated carbocycles. The Labute approximate surface area is 160 Å². The number of fused-ring (bicyclic) bond motifs is 1. The van der Waals surface area contributed by atoms with E-state index in [1.807, 2.05) is 6.92 Å². The second-order valence-electron chi connectivity index (χ2n) is 6.17. The van der Waals surface area contributed by atoms with Gasteiger partial charge in [-0.25, -0.2) is 4.79 Å². The fraction of sp³-hybridized carbons (Fsp3) is 0.211. The SMILES string of the molecule is CCCc1cc(=O)oc2cc(OS(=O)(=O)Cc3ccccc3[N+](=O)[O-])ccc12. The highest BCUT2D eigenvalue weighted by Gasteiger charge is 2.21. The second kappa shape index (κ2) is 7.81. The third-order valence-corrected chi connectivity index (χ3v) is 5.18. The molecule has 146 valence electrons. The smallest absolute Gasteiger partial charge is 0.336 e. The first-order valence-electron chi connectivity index (χ1n) is 8.50. The summed E-state index contributed by atoms with van der Waals surface area (Å²) < 4.78 is 35.0. The van der Waals surface area contributed by atoms with Crippen molar-refractivity contribution in [2.45, 2.75) is 25.5 Å². The van der Waals surface area contributed by atoms with Crippen LogP contribution in [0.5, 0.6) is 5.75 Å². The Balaban J connectivity index is 1.91. The predicted molar refractivity (Wildman–Crippen MR) is 103 cm³/mol. The first kappa shape index (κ1) is 19.6. The molecule has 0 unspecified atom stereocenters. The number of hydrogen-bond donors (Lipinski definition) is 0. The standard InChI is InChI=1S/C19H17NO7S/c1-2-5-13-10-19(21)26-18-11-15(8-9-16(13)18)27-28(24,25)12-14-6-3-4-7-17(14)20(22)23/h3-4,6-11H,2,5,12H2,1H3. The molecule has 0 aliphatic heterocycles. The van der Waals surface area contributed by atoms with Gasteiger partial charge in [-0.1, -0.05) is 31.5 Å². The van der Waals surface area contributed by atoms with Crippen LogP contribution >= 0.6 is 0 Å². The molecule has 0 fully saturated rings. The number of nitro benzene ring substituents is 1. The zero-order valence-corrected chi connectivity index (χ0v) is 15.8. The summed E-state index contributed by atoms with van der Waals surface area (Å²) in [5.74, 6) is -0.704. The number of aryl methyl sites for hydroxylation is 1. The fourth-order valence-electron chi connectivity index (χ4n) is 2.92. The van der Waals surface area contributed by atoms with Crippen molar-refractivity contribution in [3.63, 3.8) is 0 Å². The van der Waals surface area contributed by atoms with Crippen LogP contribution in [0.15, 0.2) is 57.7 Å². The highest BCUT2D eigenvalue weighted by Crippen LogP contribution is 2.26. The van der Waals surface area contributed by atoms with Gasteiger partial charge >= 0.3 is 15.7 Å². The average Bonchev–Trinajstić information content (AvgIpc) is 2.61. The van der Waals surface area contributed by atoms with Crippen molar-refractivity contribution in [1.82, 2.24) is 0 Å². The molecule has 2 aromatic carbocycles. The van der Waals surface area contributed by atoms with Gasteiger partial charge in [-0.3, -0.25) is 10.1 Å². The van der Waals surface area contributed by atoms with Crippen LogP contribution in [0.2, 0.25) is 0 Å². The Morgan fingerprint density at radius 3 is 2.57 bits per heavy atom. The van der Waals surface area contributed by atoms with E-state index >= 15 is 0 Å². The lowest BCUT2D eigenvalue weighted by molar-refractivity contribution is -0.385. The molecule has 0 bridgehead atoms. The Hall–Kier alpha value is -3.20. The first-order chi connectivity index (χ1) is 13.3. The first-order valence-corrected chi connectivity index (χ1v) is 10.1.